The van der Waals surface area contributed by atoms with Crippen LogP contribution in [-0.4, -0.2) is 30.6 Å². The van der Waals surface area contributed by atoms with Crippen molar-refractivity contribution in [3.63, 3.8) is 0 Å². The monoisotopic (exact) mass is 362 g/mol. The molecule has 2 rings (SSSR count). The van der Waals surface area contributed by atoms with Gasteiger partial charge in [0.15, 0.2) is 0 Å². The Morgan fingerprint density at radius 2 is 2.30 bits per heavy atom. The summed E-state index contributed by atoms with van der Waals surface area (Å²) in [5.41, 5.74) is 0.786. The summed E-state index contributed by atoms with van der Waals surface area (Å²) in [4.78, 5) is 2.48. The highest BCUT2D eigenvalue weighted by molar-refractivity contribution is 9.10. The molecule has 2 nitrogen and oxygen atoms in total. The smallest absolute Gasteiger partial charge is 0.125 e. The fourth-order valence-electron chi connectivity index (χ4n) is 2.81. The van der Waals surface area contributed by atoms with Gasteiger partial charge >= 0.3 is 0 Å². The third-order valence-corrected chi connectivity index (χ3v) is 5.00. The summed E-state index contributed by atoms with van der Waals surface area (Å²) in [6.07, 6.45) is 2.46. The second-order valence-corrected chi connectivity index (χ2v) is 6.73. The second kappa shape index (κ2) is 7.10. The van der Waals surface area contributed by atoms with E-state index in [1.54, 1.807) is 0 Å². The first kappa shape index (κ1) is 16.1. The molecule has 0 saturated carbocycles. The van der Waals surface area contributed by atoms with Crippen molar-refractivity contribution in [2.75, 3.05) is 25.0 Å². The van der Waals surface area contributed by atoms with Crippen molar-refractivity contribution in [3.8, 4) is 0 Å². The molecule has 0 bridgehead atoms. The average Bonchev–Trinajstić information content (AvgIpc) is 2.42. The van der Waals surface area contributed by atoms with E-state index in [-0.39, 0.29) is 5.82 Å². The van der Waals surface area contributed by atoms with Gasteiger partial charge in [-0.3, -0.25) is 0 Å². The summed E-state index contributed by atoms with van der Waals surface area (Å²) >= 11 is 9.51. The number of hydrogen-bond donors (Lipinski definition) is 1. The molecule has 1 N–H and O–H groups in total. The van der Waals surface area contributed by atoms with Crippen LogP contribution in [0.1, 0.15) is 26.7 Å². The van der Waals surface area contributed by atoms with Crippen molar-refractivity contribution in [1.29, 1.82) is 0 Å². The van der Waals surface area contributed by atoms with E-state index in [4.69, 9.17) is 11.6 Å². The number of piperidine rings is 1. The Labute approximate surface area is 133 Å². The molecule has 1 fully saturated rings. The van der Waals surface area contributed by atoms with Crippen molar-refractivity contribution in [2.45, 2.75) is 32.7 Å². The van der Waals surface area contributed by atoms with Crippen LogP contribution in [0, 0.1) is 11.7 Å². The van der Waals surface area contributed by atoms with Crippen LogP contribution < -0.4 is 5.32 Å². The molecule has 112 valence electrons. The zero-order valence-corrected chi connectivity index (χ0v) is 14.3. The minimum Gasteiger partial charge on any atom is -0.380 e. The normalized spacial score (nSPS) is 21.8. The minimum atomic E-state index is -0.324. The lowest BCUT2D eigenvalue weighted by Crippen LogP contribution is -2.41. The van der Waals surface area contributed by atoms with Crippen LogP contribution in [0.15, 0.2) is 16.6 Å². The molecule has 0 aromatic heterocycles. The Kier molecular flexibility index (Phi) is 5.70. The molecule has 0 radical (unpaired) electrons. The first-order valence-electron chi connectivity index (χ1n) is 7.14. The van der Waals surface area contributed by atoms with E-state index in [1.807, 2.05) is 0 Å². The maximum Gasteiger partial charge on any atom is 0.125 e. The van der Waals surface area contributed by atoms with E-state index in [0.717, 1.165) is 18.8 Å². The van der Waals surface area contributed by atoms with Gasteiger partial charge in [0.25, 0.3) is 0 Å². The van der Waals surface area contributed by atoms with Gasteiger partial charge in [0.2, 0.25) is 0 Å². The van der Waals surface area contributed by atoms with Crippen LogP contribution in [0.4, 0.5) is 10.1 Å². The van der Waals surface area contributed by atoms with Gasteiger partial charge in [-0.2, -0.15) is 0 Å². The van der Waals surface area contributed by atoms with Gasteiger partial charge in [0, 0.05) is 17.1 Å². The van der Waals surface area contributed by atoms with Crippen molar-refractivity contribution < 1.29 is 4.39 Å². The minimum absolute atomic E-state index is 0.309. The highest BCUT2D eigenvalue weighted by Crippen LogP contribution is 2.33. The van der Waals surface area contributed by atoms with Crippen molar-refractivity contribution in [3.05, 3.63) is 27.4 Å². The third kappa shape index (κ3) is 3.86. The molecule has 5 heteroatoms. The molecular weight excluding hydrogens is 343 g/mol. The summed E-state index contributed by atoms with van der Waals surface area (Å²) < 4.78 is 13.9. The Morgan fingerprint density at radius 1 is 1.55 bits per heavy atom. The lowest BCUT2D eigenvalue weighted by Gasteiger charge is -2.36. The lowest BCUT2D eigenvalue weighted by atomic mass is 9.91. The fraction of sp³-hybridized carbons (Fsp3) is 0.600. The molecule has 1 aliphatic rings. The predicted octanol–water partition coefficient (Wildman–Crippen LogP) is 4.77. The molecule has 0 amide bonds. The molecule has 20 heavy (non-hydrogen) atoms. The Hall–Kier alpha value is -0.320. The summed E-state index contributed by atoms with van der Waals surface area (Å²) in [6.45, 7) is 7.79. The molecule has 2 unspecified atom stereocenters. The maximum absolute atomic E-state index is 13.2. The van der Waals surface area contributed by atoms with Crippen LogP contribution in [0.25, 0.3) is 0 Å². The molecule has 1 heterocycles. The van der Waals surface area contributed by atoms with Gasteiger partial charge in [0.05, 0.1) is 10.7 Å². The molecule has 0 aliphatic carbocycles. The molecule has 1 aliphatic heterocycles. The molecule has 0 spiro atoms. The van der Waals surface area contributed by atoms with Crippen molar-refractivity contribution in [2.24, 2.45) is 5.92 Å². The van der Waals surface area contributed by atoms with Gasteiger partial charge in [-0.05, 0) is 66.8 Å². The Balaban J connectivity index is 2.06. The first-order valence-corrected chi connectivity index (χ1v) is 8.31. The molecule has 1 aromatic rings. The quantitative estimate of drug-likeness (QED) is 0.828. The standard InChI is InChI=1S/C15H21BrClFN2/c1-3-20-6-4-5-11(9-20)10(2)19-15-13(16)7-12(18)8-14(15)17/h7-8,10-11,19H,3-6,9H2,1-2H3. The van der Waals surface area contributed by atoms with Gasteiger partial charge in [-0.15, -0.1) is 0 Å². The highest BCUT2D eigenvalue weighted by Gasteiger charge is 2.24. The number of anilines is 1. The molecular formula is C15H21BrClFN2. The number of hydrogen-bond acceptors (Lipinski definition) is 2. The van der Waals surface area contributed by atoms with Crippen molar-refractivity contribution in [1.82, 2.24) is 4.90 Å². The number of nitrogens with one attached hydrogen (secondary N) is 1. The Morgan fingerprint density at radius 3 is 2.95 bits per heavy atom. The number of likely N-dealkylation sites (tertiary alicyclic amines) is 1. The second-order valence-electron chi connectivity index (χ2n) is 5.47. The van der Waals surface area contributed by atoms with Crippen LogP contribution in [0.3, 0.4) is 0 Å². The van der Waals surface area contributed by atoms with Crippen LogP contribution in [0.5, 0.6) is 0 Å². The van der Waals surface area contributed by atoms with Gasteiger partial charge in [-0.25, -0.2) is 4.39 Å². The highest BCUT2D eigenvalue weighted by atomic mass is 79.9. The number of benzene rings is 1. The van der Waals surface area contributed by atoms with Crippen LogP contribution in [0.2, 0.25) is 5.02 Å². The summed E-state index contributed by atoms with van der Waals surface area (Å²) in [7, 11) is 0. The zero-order valence-electron chi connectivity index (χ0n) is 11.9. The summed E-state index contributed by atoms with van der Waals surface area (Å²) in [5.74, 6) is 0.270. The largest absolute Gasteiger partial charge is 0.380 e. The van der Waals surface area contributed by atoms with Gasteiger partial charge in [0.1, 0.15) is 5.82 Å². The predicted molar refractivity (Wildman–Crippen MR) is 87.0 cm³/mol. The van der Waals surface area contributed by atoms with E-state index in [9.17, 15) is 4.39 Å². The van der Waals surface area contributed by atoms with Crippen LogP contribution in [-0.2, 0) is 0 Å². The molecule has 1 aromatic carbocycles. The lowest BCUT2D eigenvalue weighted by molar-refractivity contribution is 0.172. The summed E-state index contributed by atoms with van der Waals surface area (Å²) in [5, 5.41) is 3.87. The van der Waals surface area contributed by atoms with Crippen LogP contribution >= 0.6 is 27.5 Å². The van der Waals surface area contributed by atoms with E-state index in [2.05, 4.69) is 40.0 Å². The molecule has 1 saturated heterocycles. The number of nitrogens with zero attached hydrogens (tertiary/aromatic N) is 1. The van der Waals surface area contributed by atoms with E-state index in [1.165, 1.54) is 31.5 Å². The Bertz CT molecular complexity index is 446. The SMILES string of the molecule is CCN1CCCC(C(C)Nc2c(Cl)cc(F)cc2Br)C1. The number of halogens is 3. The first-order chi connectivity index (χ1) is 9.51. The maximum atomic E-state index is 13.2. The molecule has 2 atom stereocenters. The summed E-state index contributed by atoms with van der Waals surface area (Å²) in [6, 6.07) is 3.10. The van der Waals surface area contributed by atoms with Gasteiger partial charge in [-0.1, -0.05) is 18.5 Å². The number of rotatable bonds is 4. The van der Waals surface area contributed by atoms with E-state index in [0.29, 0.717) is 21.5 Å². The zero-order chi connectivity index (χ0) is 14.7. The van der Waals surface area contributed by atoms with E-state index < -0.39 is 0 Å². The van der Waals surface area contributed by atoms with Gasteiger partial charge < -0.3 is 10.2 Å². The van der Waals surface area contributed by atoms with E-state index >= 15 is 0 Å². The average molecular weight is 364 g/mol. The topological polar surface area (TPSA) is 15.3 Å². The van der Waals surface area contributed by atoms with Crippen molar-refractivity contribution >= 4 is 33.2 Å². The fourth-order valence-corrected chi connectivity index (χ4v) is 3.73. The third-order valence-electron chi connectivity index (χ3n) is 4.08.